The van der Waals surface area contributed by atoms with E-state index in [1.165, 1.54) is 29.5 Å². The third-order valence-corrected chi connectivity index (χ3v) is 4.65. The summed E-state index contributed by atoms with van der Waals surface area (Å²) in [6.45, 7) is -1.08. The van der Waals surface area contributed by atoms with Crippen LogP contribution < -0.4 is 10.1 Å². The molecule has 1 amide bonds. The molecule has 3 aromatic rings. The van der Waals surface area contributed by atoms with Crippen LogP contribution in [0.3, 0.4) is 0 Å². The molecule has 2 aromatic heterocycles. The van der Waals surface area contributed by atoms with Gasteiger partial charge in [0.2, 0.25) is 5.91 Å². The van der Waals surface area contributed by atoms with Gasteiger partial charge in [-0.15, -0.1) is 11.3 Å². The van der Waals surface area contributed by atoms with Gasteiger partial charge in [0.25, 0.3) is 0 Å². The Balaban J connectivity index is 1.64. The summed E-state index contributed by atoms with van der Waals surface area (Å²) >= 11 is 7.52. The van der Waals surface area contributed by atoms with Crippen molar-refractivity contribution in [3.63, 3.8) is 0 Å². The third kappa shape index (κ3) is 4.20. The number of aromatic nitrogens is 2. The number of hydrogen-bond donors (Lipinski definition) is 1. The number of thiazole rings is 1. The van der Waals surface area contributed by atoms with Crippen LogP contribution in [0.25, 0.3) is 11.0 Å². The molecule has 0 spiro atoms. The zero-order valence-electron chi connectivity index (χ0n) is 13.5. The lowest BCUT2D eigenvalue weighted by Crippen LogP contribution is -2.24. The summed E-state index contributed by atoms with van der Waals surface area (Å²) < 4.78 is 30.4. The van der Waals surface area contributed by atoms with E-state index in [9.17, 15) is 13.6 Å². The molecule has 1 unspecified atom stereocenters. The second kappa shape index (κ2) is 7.84. The molecule has 0 radical (unpaired) electrons. The van der Waals surface area contributed by atoms with Crippen LogP contribution in [0.2, 0.25) is 5.15 Å². The summed E-state index contributed by atoms with van der Waals surface area (Å²) in [6.07, 6.45) is 4.79. The van der Waals surface area contributed by atoms with Crippen molar-refractivity contribution < 1.29 is 18.3 Å². The predicted octanol–water partition coefficient (Wildman–Crippen LogP) is 4.54. The minimum atomic E-state index is -2.87. The fourth-order valence-corrected chi connectivity index (χ4v) is 3.37. The fourth-order valence-electron chi connectivity index (χ4n) is 2.36. The van der Waals surface area contributed by atoms with Gasteiger partial charge in [0.1, 0.15) is 5.75 Å². The summed E-state index contributed by atoms with van der Waals surface area (Å²) in [5, 5.41) is 4.99. The first-order valence-corrected chi connectivity index (χ1v) is 8.84. The summed E-state index contributed by atoms with van der Waals surface area (Å²) in [4.78, 5) is 17.1. The number of rotatable bonds is 6. The number of carbonyl (C=O) groups excluding carboxylic acids is 1. The van der Waals surface area contributed by atoms with Crippen molar-refractivity contribution in [2.75, 3.05) is 0 Å². The zero-order valence-corrected chi connectivity index (χ0v) is 15.1. The van der Waals surface area contributed by atoms with Gasteiger partial charge in [0.05, 0.1) is 11.7 Å². The predicted molar refractivity (Wildman–Crippen MR) is 96.7 cm³/mol. The molecule has 3 rings (SSSR count). The maximum Gasteiger partial charge on any atom is 0.387 e. The van der Waals surface area contributed by atoms with E-state index < -0.39 is 6.61 Å². The molecule has 0 bridgehead atoms. The Morgan fingerprint density at radius 2 is 2.12 bits per heavy atom. The van der Waals surface area contributed by atoms with Gasteiger partial charge in [-0.05, 0) is 30.7 Å². The average Bonchev–Trinajstić information content (AvgIpc) is 3.13. The number of ether oxygens (including phenoxy) is 1. The molecule has 136 valence electrons. The highest BCUT2D eigenvalue weighted by Crippen LogP contribution is 2.22. The summed E-state index contributed by atoms with van der Waals surface area (Å²) in [5.74, 6) is -0.246. The number of carbonyl (C=O) groups is 1. The third-order valence-electron chi connectivity index (χ3n) is 3.61. The molecular weight excluding hydrogens is 384 g/mol. The SMILES string of the molecule is CC(NC(=O)/C=C/c1c(Cl)nc2sccn12)c1ccc(OC(F)F)cc1. The maximum absolute atomic E-state index is 12.2. The highest BCUT2D eigenvalue weighted by Gasteiger charge is 2.11. The Hall–Kier alpha value is -2.45. The zero-order chi connectivity index (χ0) is 18.7. The highest BCUT2D eigenvalue weighted by atomic mass is 35.5. The number of halogens is 3. The summed E-state index contributed by atoms with van der Waals surface area (Å²) in [5.41, 5.74) is 1.38. The molecule has 26 heavy (non-hydrogen) atoms. The minimum Gasteiger partial charge on any atom is -0.435 e. The molecule has 1 atom stereocenters. The van der Waals surface area contributed by atoms with Gasteiger partial charge in [-0.1, -0.05) is 23.7 Å². The lowest BCUT2D eigenvalue weighted by Gasteiger charge is -2.13. The Labute approximate surface area is 156 Å². The van der Waals surface area contributed by atoms with Gasteiger partial charge >= 0.3 is 6.61 Å². The highest BCUT2D eigenvalue weighted by molar-refractivity contribution is 7.15. The van der Waals surface area contributed by atoms with E-state index in [1.54, 1.807) is 29.5 Å². The van der Waals surface area contributed by atoms with Crippen molar-refractivity contribution >= 4 is 39.9 Å². The molecular formula is C17H14ClF2N3O2S. The van der Waals surface area contributed by atoms with Crippen LogP contribution in [0, 0.1) is 0 Å². The molecule has 0 aliphatic rings. The van der Waals surface area contributed by atoms with Crippen molar-refractivity contribution in [2.45, 2.75) is 19.6 Å². The smallest absolute Gasteiger partial charge is 0.387 e. The Bertz CT molecular complexity index is 937. The number of nitrogens with one attached hydrogen (secondary N) is 1. The largest absolute Gasteiger partial charge is 0.435 e. The topological polar surface area (TPSA) is 55.6 Å². The monoisotopic (exact) mass is 397 g/mol. The van der Waals surface area contributed by atoms with E-state index in [1.807, 2.05) is 11.6 Å². The van der Waals surface area contributed by atoms with E-state index in [0.717, 1.165) is 10.5 Å². The number of amides is 1. The Morgan fingerprint density at radius 1 is 1.38 bits per heavy atom. The van der Waals surface area contributed by atoms with E-state index in [0.29, 0.717) is 10.8 Å². The lowest BCUT2D eigenvalue weighted by molar-refractivity contribution is -0.117. The normalized spacial score (nSPS) is 12.8. The molecule has 1 aromatic carbocycles. The molecule has 0 aliphatic carbocycles. The number of benzene rings is 1. The second-order valence-electron chi connectivity index (χ2n) is 5.35. The first-order chi connectivity index (χ1) is 12.4. The minimum absolute atomic E-state index is 0.0670. The molecule has 1 N–H and O–H groups in total. The van der Waals surface area contributed by atoms with Crippen molar-refractivity contribution in [3.05, 3.63) is 58.3 Å². The number of nitrogens with zero attached hydrogens (tertiary/aromatic N) is 2. The van der Waals surface area contributed by atoms with Gasteiger partial charge < -0.3 is 10.1 Å². The number of alkyl halides is 2. The molecule has 9 heteroatoms. The summed E-state index contributed by atoms with van der Waals surface area (Å²) in [6, 6.07) is 5.79. The van der Waals surface area contributed by atoms with Crippen molar-refractivity contribution in [1.29, 1.82) is 0 Å². The maximum atomic E-state index is 12.2. The molecule has 0 fully saturated rings. The fraction of sp³-hybridized carbons (Fsp3) is 0.176. The van der Waals surface area contributed by atoms with Gasteiger partial charge in [0.15, 0.2) is 10.1 Å². The molecule has 0 saturated heterocycles. The molecule has 0 aliphatic heterocycles. The molecule has 0 saturated carbocycles. The second-order valence-corrected chi connectivity index (χ2v) is 6.59. The van der Waals surface area contributed by atoms with E-state index >= 15 is 0 Å². The number of imidazole rings is 1. The van der Waals surface area contributed by atoms with E-state index in [-0.39, 0.29) is 17.7 Å². The Kier molecular flexibility index (Phi) is 5.53. The van der Waals surface area contributed by atoms with E-state index in [4.69, 9.17) is 11.6 Å². The van der Waals surface area contributed by atoms with Crippen LogP contribution >= 0.6 is 22.9 Å². The van der Waals surface area contributed by atoms with Gasteiger partial charge in [-0.2, -0.15) is 8.78 Å². The average molecular weight is 398 g/mol. The van der Waals surface area contributed by atoms with Crippen molar-refractivity contribution in [3.8, 4) is 5.75 Å². The van der Waals surface area contributed by atoms with Gasteiger partial charge in [-0.25, -0.2) is 4.98 Å². The van der Waals surface area contributed by atoms with Crippen LogP contribution in [0.15, 0.2) is 41.9 Å². The number of hydrogen-bond acceptors (Lipinski definition) is 4. The lowest BCUT2D eigenvalue weighted by atomic mass is 10.1. The van der Waals surface area contributed by atoms with Crippen LogP contribution in [-0.2, 0) is 4.79 Å². The van der Waals surface area contributed by atoms with Crippen LogP contribution in [0.4, 0.5) is 8.78 Å². The van der Waals surface area contributed by atoms with Crippen molar-refractivity contribution in [2.24, 2.45) is 0 Å². The van der Waals surface area contributed by atoms with Crippen LogP contribution in [0.5, 0.6) is 5.75 Å². The standard InChI is InChI=1S/C17H14ClF2N3O2S/c1-10(11-2-4-12(5-3-11)25-16(19)20)21-14(24)7-6-13-15(18)22-17-23(13)8-9-26-17/h2-10,16H,1H3,(H,21,24)/b7-6+. The van der Waals surface area contributed by atoms with Crippen LogP contribution in [-0.4, -0.2) is 21.9 Å². The summed E-state index contributed by atoms with van der Waals surface area (Å²) in [7, 11) is 0. The van der Waals surface area contributed by atoms with E-state index in [2.05, 4.69) is 15.0 Å². The number of fused-ring (bicyclic) bond motifs is 1. The first kappa shape index (κ1) is 18.3. The van der Waals surface area contributed by atoms with Crippen LogP contribution in [0.1, 0.15) is 24.2 Å². The van der Waals surface area contributed by atoms with Crippen molar-refractivity contribution in [1.82, 2.24) is 14.7 Å². The Morgan fingerprint density at radius 3 is 2.81 bits per heavy atom. The first-order valence-electron chi connectivity index (χ1n) is 7.58. The molecule has 5 nitrogen and oxygen atoms in total. The van der Waals surface area contributed by atoms with Gasteiger partial charge in [-0.3, -0.25) is 9.20 Å². The van der Waals surface area contributed by atoms with Gasteiger partial charge in [0, 0.05) is 17.7 Å². The quantitative estimate of drug-likeness (QED) is 0.621. The molecule has 2 heterocycles.